The van der Waals surface area contributed by atoms with Crippen molar-refractivity contribution in [3.8, 4) is 0 Å². The lowest BCUT2D eigenvalue weighted by Crippen LogP contribution is -2.56. The van der Waals surface area contributed by atoms with Crippen LogP contribution in [0.15, 0.2) is 22.8 Å². The van der Waals surface area contributed by atoms with E-state index in [1.165, 1.54) is 6.26 Å². The molecule has 0 saturated heterocycles. The van der Waals surface area contributed by atoms with Crippen molar-refractivity contribution < 1.29 is 19.1 Å². The maximum atomic E-state index is 11.9. The van der Waals surface area contributed by atoms with Gasteiger partial charge >= 0.3 is 12.0 Å². The molecule has 6 heteroatoms. The Morgan fingerprint density at radius 2 is 2.21 bits per heavy atom. The summed E-state index contributed by atoms with van der Waals surface area (Å²) in [5.41, 5.74) is -1.20. The van der Waals surface area contributed by atoms with Gasteiger partial charge in [0.15, 0.2) is 0 Å². The van der Waals surface area contributed by atoms with E-state index in [-0.39, 0.29) is 12.0 Å². The highest BCUT2D eigenvalue weighted by Crippen LogP contribution is 2.39. The maximum absolute atomic E-state index is 11.9. The van der Waals surface area contributed by atoms with Crippen LogP contribution in [0.2, 0.25) is 0 Å². The number of rotatable bonds is 5. The van der Waals surface area contributed by atoms with Crippen LogP contribution in [-0.2, 0) is 4.79 Å². The van der Waals surface area contributed by atoms with E-state index in [2.05, 4.69) is 10.6 Å². The largest absolute Gasteiger partial charge is 0.480 e. The molecule has 104 valence electrons. The SMILES string of the molecule is CC(NC(=O)NC(C)(C(=O)O)C1CC1)c1ccco1. The van der Waals surface area contributed by atoms with E-state index < -0.39 is 17.5 Å². The van der Waals surface area contributed by atoms with Gasteiger partial charge in [-0.05, 0) is 44.7 Å². The van der Waals surface area contributed by atoms with Crippen LogP contribution in [0, 0.1) is 5.92 Å². The van der Waals surface area contributed by atoms with E-state index in [1.807, 2.05) is 0 Å². The first-order chi connectivity index (χ1) is 8.93. The van der Waals surface area contributed by atoms with Crippen LogP contribution in [0.1, 0.15) is 38.5 Å². The molecule has 0 aliphatic heterocycles. The molecule has 1 heterocycles. The minimum atomic E-state index is -1.20. The highest BCUT2D eigenvalue weighted by molar-refractivity contribution is 5.86. The van der Waals surface area contributed by atoms with Gasteiger partial charge < -0.3 is 20.2 Å². The minimum Gasteiger partial charge on any atom is -0.480 e. The second-order valence-corrected chi connectivity index (χ2v) is 5.12. The topological polar surface area (TPSA) is 91.6 Å². The molecule has 2 unspecified atom stereocenters. The number of carboxylic acid groups (broad SMARTS) is 1. The van der Waals surface area contributed by atoms with Crippen LogP contribution < -0.4 is 10.6 Å². The Labute approximate surface area is 111 Å². The molecule has 0 aromatic carbocycles. The molecule has 2 amide bonds. The highest BCUT2D eigenvalue weighted by Gasteiger charge is 2.48. The molecule has 6 nitrogen and oxygen atoms in total. The van der Waals surface area contributed by atoms with E-state index in [4.69, 9.17) is 4.42 Å². The highest BCUT2D eigenvalue weighted by atomic mass is 16.4. The number of nitrogens with one attached hydrogen (secondary N) is 2. The zero-order valence-corrected chi connectivity index (χ0v) is 11.0. The first kappa shape index (κ1) is 13.5. The molecule has 1 aromatic heterocycles. The average molecular weight is 266 g/mol. The standard InChI is InChI=1S/C13H18N2O4/c1-8(10-4-3-7-19-10)14-12(18)15-13(2,11(16)17)9-5-6-9/h3-4,7-9H,5-6H2,1-2H3,(H,16,17)(H2,14,15,18). The molecule has 0 radical (unpaired) electrons. The second-order valence-electron chi connectivity index (χ2n) is 5.12. The van der Waals surface area contributed by atoms with E-state index >= 15 is 0 Å². The van der Waals surface area contributed by atoms with E-state index in [9.17, 15) is 14.7 Å². The van der Waals surface area contributed by atoms with Gasteiger partial charge in [-0.1, -0.05) is 0 Å². The lowest BCUT2D eigenvalue weighted by Gasteiger charge is -2.27. The van der Waals surface area contributed by atoms with Crippen molar-refractivity contribution in [2.24, 2.45) is 5.92 Å². The molecule has 0 spiro atoms. The Balaban J connectivity index is 1.95. The first-order valence-electron chi connectivity index (χ1n) is 6.29. The number of hydrogen-bond donors (Lipinski definition) is 3. The summed E-state index contributed by atoms with van der Waals surface area (Å²) in [4.78, 5) is 23.2. The van der Waals surface area contributed by atoms with Crippen molar-refractivity contribution >= 4 is 12.0 Å². The van der Waals surface area contributed by atoms with Gasteiger partial charge in [0, 0.05) is 0 Å². The van der Waals surface area contributed by atoms with Gasteiger partial charge in [-0.15, -0.1) is 0 Å². The van der Waals surface area contributed by atoms with Crippen LogP contribution in [0.3, 0.4) is 0 Å². The lowest BCUT2D eigenvalue weighted by atomic mass is 9.96. The quantitative estimate of drug-likeness (QED) is 0.759. The third-order valence-electron chi connectivity index (χ3n) is 3.53. The lowest BCUT2D eigenvalue weighted by molar-refractivity contribution is -0.144. The monoisotopic (exact) mass is 266 g/mol. The number of carbonyl (C=O) groups excluding carboxylic acids is 1. The summed E-state index contributed by atoms with van der Waals surface area (Å²) in [6, 6.07) is 2.67. The number of aliphatic carboxylic acids is 1. The van der Waals surface area contributed by atoms with Gasteiger partial charge in [0.25, 0.3) is 0 Å². The van der Waals surface area contributed by atoms with Crippen molar-refractivity contribution in [1.82, 2.24) is 10.6 Å². The normalized spacial score (nSPS) is 19.3. The summed E-state index contributed by atoms with van der Waals surface area (Å²) < 4.78 is 5.17. The van der Waals surface area contributed by atoms with Gasteiger partial charge in [-0.2, -0.15) is 0 Å². The molecule has 2 rings (SSSR count). The van der Waals surface area contributed by atoms with Crippen molar-refractivity contribution in [2.75, 3.05) is 0 Å². The molecule has 3 N–H and O–H groups in total. The Kier molecular flexibility index (Phi) is 3.50. The predicted molar refractivity (Wildman–Crippen MR) is 67.6 cm³/mol. The summed E-state index contributed by atoms with van der Waals surface area (Å²) in [7, 11) is 0. The van der Waals surface area contributed by atoms with Crippen LogP contribution >= 0.6 is 0 Å². The van der Waals surface area contributed by atoms with E-state index in [0.29, 0.717) is 5.76 Å². The molecule has 1 aliphatic carbocycles. The van der Waals surface area contributed by atoms with E-state index in [1.54, 1.807) is 26.0 Å². The molecule has 1 aromatic rings. The number of carbonyl (C=O) groups is 2. The van der Waals surface area contributed by atoms with Crippen LogP contribution in [0.25, 0.3) is 0 Å². The maximum Gasteiger partial charge on any atom is 0.329 e. The molecular weight excluding hydrogens is 248 g/mol. The molecule has 1 saturated carbocycles. The smallest absolute Gasteiger partial charge is 0.329 e. The van der Waals surface area contributed by atoms with Gasteiger partial charge in [-0.3, -0.25) is 0 Å². The molecule has 2 atom stereocenters. The number of amides is 2. The van der Waals surface area contributed by atoms with E-state index in [0.717, 1.165) is 12.8 Å². The molecule has 1 aliphatic rings. The molecular formula is C13H18N2O4. The van der Waals surface area contributed by atoms with Crippen molar-refractivity contribution in [2.45, 2.75) is 38.3 Å². The van der Waals surface area contributed by atoms with Crippen molar-refractivity contribution in [1.29, 1.82) is 0 Å². The number of furan rings is 1. The number of carboxylic acids is 1. The van der Waals surface area contributed by atoms with Gasteiger partial charge in [0.1, 0.15) is 11.3 Å². The Bertz CT molecular complexity index is 467. The summed E-state index contributed by atoms with van der Waals surface area (Å²) >= 11 is 0. The fourth-order valence-corrected chi connectivity index (χ4v) is 2.07. The third-order valence-corrected chi connectivity index (χ3v) is 3.53. The Hall–Kier alpha value is -1.98. The Morgan fingerprint density at radius 1 is 1.53 bits per heavy atom. The number of urea groups is 1. The number of hydrogen-bond acceptors (Lipinski definition) is 3. The molecule has 1 fully saturated rings. The zero-order chi connectivity index (χ0) is 14.0. The molecule has 0 bridgehead atoms. The zero-order valence-electron chi connectivity index (χ0n) is 11.0. The third kappa shape index (κ3) is 2.89. The van der Waals surface area contributed by atoms with Crippen LogP contribution in [-0.4, -0.2) is 22.6 Å². The first-order valence-corrected chi connectivity index (χ1v) is 6.29. The van der Waals surface area contributed by atoms with Crippen molar-refractivity contribution in [3.63, 3.8) is 0 Å². The summed E-state index contributed by atoms with van der Waals surface area (Å²) in [6.07, 6.45) is 3.19. The van der Waals surface area contributed by atoms with Crippen molar-refractivity contribution in [3.05, 3.63) is 24.2 Å². The fraction of sp³-hybridized carbons (Fsp3) is 0.538. The second kappa shape index (κ2) is 4.95. The fourth-order valence-electron chi connectivity index (χ4n) is 2.07. The van der Waals surface area contributed by atoms with Crippen LogP contribution in [0.5, 0.6) is 0 Å². The van der Waals surface area contributed by atoms with Gasteiger partial charge in [0.2, 0.25) is 0 Å². The minimum absolute atomic E-state index is 0.00895. The molecule has 19 heavy (non-hydrogen) atoms. The van der Waals surface area contributed by atoms with Gasteiger partial charge in [0.05, 0.1) is 12.3 Å². The summed E-state index contributed by atoms with van der Waals surface area (Å²) in [5, 5.41) is 14.5. The average Bonchev–Trinajstić information content (AvgIpc) is 3.04. The summed E-state index contributed by atoms with van der Waals surface area (Å²) in [5.74, 6) is -0.371. The predicted octanol–water partition coefficient (Wildman–Crippen LogP) is 1.89. The Morgan fingerprint density at radius 3 is 2.68 bits per heavy atom. The summed E-state index contributed by atoms with van der Waals surface area (Å²) in [6.45, 7) is 3.32. The van der Waals surface area contributed by atoms with Crippen LogP contribution in [0.4, 0.5) is 4.79 Å². The van der Waals surface area contributed by atoms with Gasteiger partial charge in [-0.25, -0.2) is 9.59 Å².